The molecule has 2 aliphatic rings. The molecule has 0 radical (unpaired) electrons. The molecule has 1 fully saturated rings. The van der Waals surface area contributed by atoms with Crippen LogP contribution in [0.2, 0.25) is 0 Å². The van der Waals surface area contributed by atoms with Crippen molar-refractivity contribution in [2.45, 2.75) is 19.8 Å². The van der Waals surface area contributed by atoms with Crippen LogP contribution in [-0.4, -0.2) is 132 Å². The second-order valence-electron chi connectivity index (χ2n) is 9.64. The van der Waals surface area contributed by atoms with E-state index in [4.69, 9.17) is 47.4 Å². The maximum absolute atomic E-state index is 12.4. The van der Waals surface area contributed by atoms with Gasteiger partial charge in [-0.3, -0.25) is 4.79 Å². The molecule has 0 spiro atoms. The molecule has 1 saturated carbocycles. The first-order valence-electron chi connectivity index (χ1n) is 14.1. The molecule has 0 saturated heterocycles. The lowest BCUT2D eigenvalue weighted by molar-refractivity contribution is -0.158. The summed E-state index contributed by atoms with van der Waals surface area (Å²) in [5.74, 6) is 0.754. The summed E-state index contributed by atoms with van der Waals surface area (Å²) in [5.41, 5.74) is -0.367. The van der Waals surface area contributed by atoms with Crippen LogP contribution in [0, 0.1) is 17.3 Å². The summed E-state index contributed by atoms with van der Waals surface area (Å²) < 4.78 is 53.8. The van der Waals surface area contributed by atoms with Gasteiger partial charge in [-0.05, 0) is 31.6 Å². The first kappa shape index (κ1) is 34.1. The monoisotopic (exact) mass is 562 g/mol. The molecule has 0 aliphatic heterocycles. The van der Waals surface area contributed by atoms with Gasteiger partial charge in [0.15, 0.2) is 0 Å². The van der Waals surface area contributed by atoms with Crippen molar-refractivity contribution < 1.29 is 52.2 Å². The molecule has 39 heavy (non-hydrogen) atoms. The number of methoxy groups -OCH3 is 1. The number of esters is 1. The Bertz CT molecular complexity index is 633. The lowest BCUT2D eigenvalue weighted by Crippen LogP contribution is -2.34. The standard InChI is InChI=1S/C28H50O11/c1-28(24-25-3-4-26(28)23-25)27(29)39-22-21-38-20-19-37-18-17-36-16-15-35-14-13-34-12-11-33-10-9-32-8-7-31-6-5-30-2/h3-4,25-26H,5-24H2,1-2H3. The Morgan fingerprint density at radius 2 is 0.949 bits per heavy atom. The minimum absolute atomic E-state index is 0.104. The van der Waals surface area contributed by atoms with Crippen LogP contribution < -0.4 is 0 Å². The smallest absolute Gasteiger partial charge is 0.312 e. The largest absolute Gasteiger partial charge is 0.463 e. The van der Waals surface area contributed by atoms with Gasteiger partial charge in [-0.2, -0.15) is 0 Å². The topological polar surface area (TPSA) is 109 Å². The van der Waals surface area contributed by atoms with Crippen molar-refractivity contribution in [3.63, 3.8) is 0 Å². The third kappa shape index (κ3) is 15.4. The molecule has 2 aliphatic carbocycles. The molecule has 0 aromatic heterocycles. The van der Waals surface area contributed by atoms with Gasteiger partial charge < -0.3 is 47.4 Å². The van der Waals surface area contributed by atoms with Gasteiger partial charge in [0, 0.05) is 7.11 Å². The fourth-order valence-electron chi connectivity index (χ4n) is 4.47. The van der Waals surface area contributed by atoms with Gasteiger partial charge in [-0.1, -0.05) is 12.2 Å². The molecule has 11 heteroatoms. The zero-order chi connectivity index (χ0) is 27.9. The van der Waals surface area contributed by atoms with E-state index in [0.29, 0.717) is 124 Å². The second kappa shape index (κ2) is 22.5. The molecule has 0 N–H and O–H groups in total. The zero-order valence-electron chi connectivity index (χ0n) is 23.9. The van der Waals surface area contributed by atoms with Crippen LogP contribution in [0.1, 0.15) is 19.8 Å². The highest BCUT2D eigenvalue weighted by Crippen LogP contribution is 2.52. The SMILES string of the molecule is COCCOCCOCCOCCOCCOCCOCCOCCOCCOC(=O)C1(C)CC2C=CC1C2. The van der Waals surface area contributed by atoms with E-state index in [1.807, 2.05) is 6.92 Å². The Balaban J connectivity index is 1.19. The van der Waals surface area contributed by atoms with Gasteiger partial charge in [0.1, 0.15) is 6.61 Å². The number of hydrogen-bond acceptors (Lipinski definition) is 11. The highest BCUT2D eigenvalue weighted by Gasteiger charge is 2.50. The third-order valence-electron chi connectivity index (χ3n) is 6.64. The first-order chi connectivity index (χ1) is 19.2. The van der Waals surface area contributed by atoms with Crippen LogP contribution in [0.25, 0.3) is 0 Å². The summed E-state index contributed by atoms with van der Waals surface area (Å²) in [4.78, 5) is 12.4. The van der Waals surface area contributed by atoms with Crippen molar-refractivity contribution in [3.8, 4) is 0 Å². The van der Waals surface area contributed by atoms with Crippen molar-refractivity contribution >= 4 is 5.97 Å². The van der Waals surface area contributed by atoms with Crippen molar-refractivity contribution in [2.24, 2.45) is 17.3 Å². The van der Waals surface area contributed by atoms with E-state index >= 15 is 0 Å². The van der Waals surface area contributed by atoms with Gasteiger partial charge in [-0.15, -0.1) is 0 Å². The van der Waals surface area contributed by atoms with Crippen molar-refractivity contribution in [1.82, 2.24) is 0 Å². The number of allylic oxidation sites excluding steroid dienone is 2. The van der Waals surface area contributed by atoms with E-state index in [9.17, 15) is 4.79 Å². The number of fused-ring (bicyclic) bond motifs is 2. The Morgan fingerprint density at radius 3 is 1.26 bits per heavy atom. The molecule has 11 nitrogen and oxygen atoms in total. The van der Waals surface area contributed by atoms with Crippen LogP contribution in [0.4, 0.5) is 0 Å². The second-order valence-corrected chi connectivity index (χ2v) is 9.64. The molecular formula is C28H50O11. The molecule has 3 unspecified atom stereocenters. The molecule has 3 atom stereocenters. The summed E-state index contributed by atoms with van der Waals surface area (Å²) in [6, 6.07) is 0. The van der Waals surface area contributed by atoms with E-state index < -0.39 is 0 Å². The Labute approximate surface area is 233 Å². The van der Waals surface area contributed by atoms with Crippen molar-refractivity contribution in [3.05, 3.63) is 12.2 Å². The van der Waals surface area contributed by atoms with Crippen LogP contribution in [0.15, 0.2) is 12.2 Å². The minimum atomic E-state index is -0.367. The van der Waals surface area contributed by atoms with Crippen LogP contribution in [-0.2, 0) is 52.2 Å². The van der Waals surface area contributed by atoms with Crippen molar-refractivity contribution in [1.29, 1.82) is 0 Å². The molecular weight excluding hydrogens is 512 g/mol. The number of rotatable bonds is 28. The molecule has 0 aromatic carbocycles. The Morgan fingerprint density at radius 1 is 0.590 bits per heavy atom. The van der Waals surface area contributed by atoms with E-state index in [-0.39, 0.29) is 18.0 Å². The van der Waals surface area contributed by atoms with E-state index in [0.717, 1.165) is 12.8 Å². The zero-order valence-corrected chi connectivity index (χ0v) is 23.9. The summed E-state index contributed by atoms with van der Waals surface area (Å²) in [6.07, 6.45) is 6.36. The summed E-state index contributed by atoms with van der Waals surface area (Å²) in [5, 5.41) is 0. The molecule has 0 amide bonds. The molecule has 0 heterocycles. The lowest BCUT2D eigenvalue weighted by atomic mass is 9.78. The molecule has 2 rings (SSSR count). The lowest BCUT2D eigenvalue weighted by Gasteiger charge is -2.28. The van der Waals surface area contributed by atoms with Gasteiger partial charge in [0.2, 0.25) is 0 Å². The highest BCUT2D eigenvalue weighted by atomic mass is 16.6. The van der Waals surface area contributed by atoms with Crippen molar-refractivity contribution in [2.75, 3.05) is 126 Å². The average molecular weight is 563 g/mol. The average Bonchev–Trinajstić information content (AvgIpc) is 3.54. The van der Waals surface area contributed by atoms with Gasteiger partial charge in [-0.25, -0.2) is 0 Å². The summed E-state index contributed by atoms with van der Waals surface area (Å²) in [6.45, 7) is 11.0. The number of carbonyl (C=O) groups is 1. The number of hydrogen-bond donors (Lipinski definition) is 0. The maximum atomic E-state index is 12.4. The van der Waals surface area contributed by atoms with Gasteiger partial charge in [0.05, 0.1) is 118 Å². The predicted molar refractivity (Wildman–Crippen MR) is 143 cm³/mol. The van der Waals surface area contributed by atoms with E-state index in [1.54, 1.807) is 7.11 Å². The fourth-order valence-corrected chi connectivity index (χ4v) is 4.47. The predicted octanol–water partition coefficient (Wildman–Crippen LogP) is 1.91. The molecule has 2 bridgehead atoms. The fraction of sp³-hybridized carbons (Fsp3) is 0.893. The third-order valence-corrected chi connectivity index (χ3v) is 6.64. The quantitative estimate of drug-likeness (QED) is 0.0792. The van der Waals surface area contributed by atoms with E-state index in [1.165, 1.54) is 0 Å². The van der Waals surface area contributed by atoms with Crippen LogP contribution in [0.3, 0.4) is 0 Å². The Kier molecular flexibility index (Phi) is 19.7. The number of ether oxygens (including phenoxy) is 10. The first-order valence-corrected chi connectivity index (χ1v) is 14.1. The Hall–Kier alpha value is -1.15. The molecule has 0 aromatic rings. The summed E-state index contributed by atoms with van der Waals surface area (Å²) >= 11 is 0. The normalized spacial score (nSPS) is 21.7. The van der Waals surface area contributed by atoms with Crippen LogP contribution in [0.5, 0.6) is 0 Å². The molecule has 228 valence electrons. The maximum Gasteiger partial charge on any atom is 0.312 e. The highest BCUT2D eigenvalue weighted by molar-refractivity contribution is 5.78. The van der Waals surface area contributed by atoms with Gasteiger partial charge >= 0.3 is 5.97 Å². The number of carbonyl (C=O) groups excluding carboxylic acids is 1. The minimum Gasteiger partial charge on any atom is -0.463 e. The summed E-state index contributed by atoms with van der Waals surface area (Å²) in [7, 11) is 1.64. The van der Waals surface area contributed by atoms with Crippen LogP contribution >= 0.6 is 0 Å². The van der Waals surface area contributed by atoms with Gasteiger partial charge in [0.25, 0.3) is 0 Å². The van der Waals surface area contributed by atoms with E-state index in [2.05, 4.69) is 12.2 Å².